The molecule has 0 radical (unpaired) electrons. The van der Waals surface area contributed by atoms with Crippen LogP contribution in [0.5, 0.6) is 5.75 Å². The van der Waals surface area contributed by atoms with Crippen molar-refractivity contribution >= 4 is 62.9 Å². The standard InChI is InChI=1S/C24H22BrClN2O6S/c1-24(26)13-35-22-19(27-18(30)12-33-16-5-3-2-4-6-16)21(31)28(22)20(24)23(32)34-11-17(29)14-7-9-15(25)10-8-14/h2-10,19-20,22H,11-13H2,1H3,(H,27,30)/t19-,20+,22+,24-/m1/s1. The monoisotopic (exact) mass is 580 g/mol. The number of ketones is 1. The van der Waals surface area contributed by atoms with E-state index in [1.54, 1.807) is 55.5 Å². The van der Waals surface area contributed by atoms with Crippen molar-refractivity contribution in [1.82, 2.24) is 10.2 Å². The van der Waals surface area contributed by atoms with Crippen LogP contribution < -0.4 is 10.1 Å². The molecule has 4 rings (SSSR count). The molecular formula is C24H22BrClN2O6S. The molecule has 0 spiro atoms. The van der Waals surface area contributed by atoms with Crippen LogP contribution in [0, 0.1) is 0 Å². The fourth-order valence-corrected chi connectivity index (χ4v) is 5.93. The van der Waals surface area contributed by atoms with Gasteiger partial charge in [0.2, 0.25) is 5.91 Å². The highest BCUT2D eigenvalue weighted by molar-refractivity contribution is 9.10. The quantitative estimate of drug-likeness (QED) is 0.221. The number of alkyl halides is 1. The van der Waals surface area contributed by atoms with E-state index >= 15 is 0 Å². The number of β-lactam (4-membered cyclic amide) rings is 1. The van der Waals surface area contributed by atoms with Crippen LogP contribution >= 0.6 is 39.3 Å². The van der Waals surface area contributed by atoms with Gasteiger partial charge in [0.05, 0.1) is 4.87 Å². The van der Waals surface area contributed by atoms with E-state index in [4.69, 9.17) is 21.1 Å². The number of hydrogen-bond acceptors (Lipinski definition) is 7. The second-order valence-electron chi connectivity index (χ2n) is 8.31. The number of amides is 2. The third-order valence-corrected chi connectivity index (χ3v) is 8.26. The second kappa shape index (κ2) is 10.6. The fraction of sp³-hybridized carbons (Fsp3) is 0.333. The number of benzene rings is 2. The summed E-state index contributed by atoms with van der Waals surface area (Å²) < 4.78 is 11.5. The van der Waals surface area contributed by atoms with Gasteiger partial charge in [-0.2, -0.15) is 0 Å². The van der Waals surface area contributed by atoms with Gasteiger partial charge in [0.15, 0.2) is 25.0 Å². The van der Waals surface area contributed by atoms with E-state index in [1.807, 2.05) is 6.07 Å². The molecule has 1 N–H and O–H groups in total. The molecule has 2 fully saturated rings. The molecular weight excluding hydrogens is 560 g/mol. The lowest BCUT2D eigenvalue weighted by Gasteiger charge is -2.56. The van der Waals surface area contributed by atoms with Gasteiger partial charge in [-0.25, -0.2) is 4.79 Å². The Kier molecular flexibility index (Phi) is 7.73. The number of Topliss-reactive ketones (excluding diaryl/α,β-unsaturated/α-hetero) is 1. The van der Waals surface area contributed by atoms with E-state index in [2.05, 4.69) is 21.2 Å². The SMILES string of the molecule is C[C@@]1(Cl)CS[C@H]2[C@H](NC(=O)COc3ccccc3)C(=O)N2[C@H]1C(=O)OCC(=O)c1ccc(Br)cc1. The van der Waals surface area contributed by atoms with Gasteiger partial charge >= 0.3 is 5.97 Å². The number of hydrogen-bond donors (Lipinski definition) is 1. The Morgan fingerprint density at radius 3 is 2.51 bits per heavy atom. The molecule has 2 amide bonds. The zero-order valence-electron chi connectivity index (χ0n) is 18.6. The Hall–Kier alpha value is -2.56. The molecule has 0 saturated carbocycles. The summed E-state index contributed by atoms with van der Waals surface area (Å²) >= 11 is 11.3. The van der Waals surface area contributed by atoms with E-state index in [0.29, 0.717) is 17.1 Å². The zero-order chi connectivity index (χ0) is 25.2. The highest BCUT2D eigenvalue weighted by Gasteiger charge is 2.61. The molecule has 0 aromatic heterocycles. The fourth-order valence-electron chi connectivity index (χ4n) is 3.86. The van der Waals surface area contributed by atoms with Crippen LogP contribution in [0.3, 0.4) is 0 Å². The van der Waals surface area contributed by atoms with E-state index in [1.165, 1.54) is 16.7 Å². The van der Waals surface area contributed by atoms with Gasteiger partial charge in [-0.15, -0.1) is 23.4 Å². The second-order valence-corrected chi connectivity index (χ2v) is 11.2. The zero-order valence-corrected chi connectivity index (χ0v) is 21.8. The molecule has 35 heavy (non-hydrogen) atoms. The topological polar surface area (TPSA) is 102 Å². The van der Waals surface area contributed by atoms with Gasteiger partial charge in [-0.05, 0) is 31.2 Å². The molecule has 2 heterocycles. The van der Waals surface area contributed by atoms with E-state index in [0.717, 1.165) is 4.47 Å². The molecule has 0 aliphatic carbocycles. The van der Waals surface area contributed by atoms with Gasteiger partial charge in [0, 0.05) is 15.8 Å². The highest BCUT2D eigenvalue weighted by atomic mass is 79.9. The Morgan fingerprint density at radius 1 is 1.14 bits per heavy atom. The number of rotatable bonds is 8. The lowest BCUT2D eigenvalue weighted by Crippen LogP contribution is -2.78. The highest BCUT2D eigenvalue weighted by Crippen LogP contribution is 2.45. The normalized spacial score (nSPS) is 25.2. The minimum atomic E-state index is -1.10. The van der Waals surface area contributed by atoms with E-state index in [9.17, 15) is 19.2 Å². The lowest BCUT2D eigenvalue weighted by molar-refractivity contribution is -0.166. The van der Waals surface area contributed by atoms with Gasteiger partial charge in [-0.1, -0.05) is 46.3 Å². The number of para-hydroxylation sites is 1. The molecule has 0 bridgehead atoms. The van der Waals surface area contributed by atoms with Gasteiger partial charge in [0.1, 0.15) is 17.2 Å². The number of ether oxygens (including phenoxy) is 2. The van der Waals surface area contributed by atoms with Crippen molar-refractivity contribution in [1.29, 1.82) is 0 Å². The number of nitrogens with one attached hydrogen (secondary N) is 1. The van der Waals surface area contributed by atoms with E-state index < -0.39 is 46.7 Å². The van der Waals surface area contributed by atoms with E-state index in [-0.39, 0.29) is 12.4 Å². The summed E-state index contributed by atoms with van der Waals surface area (Å²) in [6, 6.07) is 13.6. The molecule has 2 aliphatic rings. The van der Waals surface area contributed by atoms with Crippen LogP contribution in [0.2, 0.25) is 0 Å². The molecule has 2 aromatic rings. The predicted octanol–water partition coefficient (Wildman–Crippen LogP) is 3.02. The summed E-state index contributed by atoms with van der Waals surface area (Å²) in [4.78, 5) is 50.8. The first kappa shape index (κ1) is 25.5. The maximum atomic E-state index is 13.0. The molecule has 184 valence electrons. The number of nitrogens with zero attached hydrogens (tertiary/aromatic N) is 1. The minimum absolute atomic E-state index is 0.248. The maximum Gasteiger partial charge on any atom is 0.331 e. The lowest BCUT2D eigenvalue weighted by atomic mass is 9.94. The molecule has 2 aromatic carbocycles. The third-order valence-electron chi connectivity index (χ3n) is 5.63. The molecule has 0 unspecified atom stereocenters. The van der Waals surface area contributed by atoms with Crippen LogP contribution in [0.4, 0.5) is 0 Å². The first-order valence-corrected chi connectivity index (χ1v) is 12.9. The van der Waals surface area contributed by atoms with Crippen molar-refractivity contribution in [3.8, 4) is 5.75 Å². The summed E-state index contributed by atoms with van der Waals surface area (Å²) in [7, 11) is 0. The summed E-state index contributed by atoms with van der Waals surface area (Å²) in [5.41, 5.74) is 0.396. The van der Waals surface area contributed by atoms with Crippen molar-refractivity contribution in [3.63, 3.8) is 0 Å². The largest absolute Gasteiger partial charge is 0.484 e. The summed E-state index contributed by atoms with van der Waals surface area (Å²) in [6.45, 7) is 0.927. The molecule has 11 heteroatoms. The average Bonchev–Trinajstić information content (AvgIpc) is 2.85. The van der Waals surface area contributed by atoms with Gasteiger partial charge in [-0.3, -0.25) is 14.4 Å². The molecule has 4 atom stereocenters. The van der Waals surface area contributed by atoms with Crippen LogP contribution in [-0.2, 0) is 19.1 Å². The Balaban J connectivity index is 1.35. The molecule has 8 nitrogen and oxygen atoms in total. The predicted molar refractivity (Wildman–Crippen MR) is 134 cm³/mol. The van der Waals surface area contributed by atoms with Gasteiger partial charge < -0.3 is 19.7 Å². The van der Waals surface area contributed by atoms with Crippen molar-refractivity contribution in [2.24, 2.45) is 0 Å². The average molecular weight is 582 g/mol. The summed E-state index contributed by atoms with van der Waals surface area (Å²) in [5.74, 6) is -1.15. The number of thioether (sulfide) groups is 1. The van der Waals surface area contributed by atoms with Crippen LogP contribution in [0.1, 0.15) is 17.3 Å². The number of carbonyl (C=O) groups is 4. The number of carbonyl (C=O) groups excluding carboxylic acids is 4. The minimum Gasteiger partial charge on any atom is -0.484 e. The first-order valence-electron chi connectivity index (χ1n) is 10.7. The third kappa shape index (κ3) is 5.65. The van der Waals surface area contributed by atoms with Crippen LogP contribution in [-0.4, -0.2) is 69.8 Å². The van der Waals surface area contributed by atoms with Crippen molar-refractivity contribution in [2.45, 2.75) is 29.3 Å². The van der Waals surface area contributed by atoms with Gasteiger partial charge in [0.25, 0.3) is 5.91 Å². The van der Waals surface area contributed by atoms with Crippen molar-refractivity contribution in [3.05, 3.63) is 64.6 Å². The van der Waals surface area contributed by atoms with Crippen molar-refractivity contribution in [2.75, 3.05) is 19.0 Å². The number of esters is 1. The van der Waals surface area contributed by atoms with Crippen LogP contribution in [0.25, 0.3) is 0 Å². The number of halogens is 2. The van der Waals surface area contributed by atoms with Crippen LogP contribution in [0.15, 0.2) is 59.1 Å². The Morgan fingerprint density at radius 2 is 1.83 bits per heavy atom. The smallest absolute Gasteiger partial charge is 0.331 e. The maximum absolute atomic E-state index is 13.0. The summed E-state index contributed by atoms with van der Waals surface area (Å²) in [6.07, 6.45) is 0. The molecule has 2 aliphatic heterocycles. The Bertz CT molecular complexity index is 1130. The number of fused-ring (bicyclic) bond motifs is 1. The first-order chi connectivity index (χ1) is 16.7. The molecule has 2 saturated heterocycles. The Labute approximate surface area is 219 Å². The van der Waals surface area contributed by atoms with Crippen molar-refractivity contribution < 1.29 is 28.7 Å². The summed E-state index contributed by atoms with van der Waals surface area (Å²) in [5, 5.41) is 2.19.